The molecule has 6 nitrogen and oxygen atoms in total. The molecule has 0 saturated heterocycles. The fraction of sp³-hybridized carbons (Fsp3) is 0.529. The van der Waals surface area contributed by atoms with Crippen molar-refractivity contribution >= 4 is 12.1 Å². The third-order valence-corrected chi connectivity index (χ3v) is 4.24. The number of nitrogens with zero attached hydrogens (tertiary/aromatic N) is 1. The summed E-state index contributed by atoms with van der Waals surface area (Å²) in [6, 6.07) is 9.49. The second kappa shape index (κ2) is 8.53. The summed E-state index contributed by atoms with van der Waals surface area (Å²) in [7, 11) is 1.72. The number of nitrogens with one attached hydrogen (secondary N) is 1. The van der Waals surface area contributed by atoms with Gasteiger partial charge in [0, 0.05) is 13.1 Å². The summed E-state index contributed by atoms with van der Waals surface area (Å²) in [5, 5.41) is 11.9. The van der Waals surface area contributed by atoms with E-state index in [1.54, 1.807) is 11.9 Å². The SMILES string of the molecule is CN(C(=O)OCc1ccccc1)[C@@H]1CCCC[C@@H]1NCC(=O)O. The molecule has 1 amide bonds. The molecule has 2 N–H and O–H groups in total. The van der Waals surface area contributed by atoms with E-state index in [0.717, 1.165) is 31.2 Å². The number of carbonyl (C=O) groups is 2. The molecule has 1 aromatic carbocycles. The first-order valence-electron chi connectivity index (χ1n) is 7.96. The number of likely N-dealkylation sites (N-methyl/N-ethyl adjacent to an activating group) is 1. The van der Waals surface area contributed by atoms with Crippen LogP contribution in [0.25, 0.3) is 0 Å². The minimum absolute atomic E-state index is 0.00544. The molecular weight excluding hydrogens is 296 g/mol. The van der Waals surface area contributed by atoms with Crippen LogP contribution in [0.5, 0.6) is 0 Å². The number of aliphatic carboxylic acids is 1. The average molecular weight is 320 g/mol. The Labute approximate surface area is 136 Å². The van der Waals surface area contributed by atoms with Gasteiger partial charge in [0.15, 0.2) is 0 Å². The maximum absolute atomic E-state index is 12.3. The van der Waals surface area contributed by atoms with Crippen molar-refractivity contribution in [2.75, 3.05) is 13.6 Å². The molecule has 1 aromatic rings. The molecule has 0 aromatic heterocycles. The molecule has 0 heterocycles. The number of amides is 1. The minimum atomic E-state index is -0.886. The predicted octanol–water partition coefficient (Wildman–Crippen LogP) is 2.24. The number of carboxylic acids is 1. The van der Waals surface area contributed by atoms with Crippen LogP contribution in [0.3, 0.4) is 0 Å². The molecule has 0 radical (unpaired) electrons. The Morgan fingerprint density at radius 1 is 1.26 bits per heavy atom. The Morgan fingerprint density at radius 2 is 1.96 bits per heavy atom. The van der Waals surface area contributed by atoms with Gasteiger partial charge in [0.2, 0.25) is 0 Å². The fourth-order valence-corrected chi connectivity index (χ4v) is 2.99. The zero-order chi connectivity index (χ0) is 16.7. The second-order valence-electron chi connectivity index (χ2n) is 5.88. The Kier molecular flexibility index (Phi) is 6.40. The molecule has 2 rings (SSSR count). The van der Waals surface area contributed by atoms with Crippen LogP contribution < -0.4 is 5.32 Å². The Balaban J connectivity index is 1.89. The molecule has 2 atom stereocenters. The van der Waals surface area contributed by atoms with Gasteiger partial charge in [0.05, 0.1) is 12.6 Å². The average Bonchev–Trinajstić information content (AvgIpc) is 2.58. The lowest BCUT2D eigenvalue weighted by molar-refractivity contribution is -0.136. The molecule has 0 spiro atoms. The Hall–Kier alpha value is -2.08. The van der Waals surface area contributed by atoms with Crippen molar-refractivity contribution in [1.82, 2.24) is 10.2 Å². The zero-order valence-corrected chi connectivity index (χ0v) is 13.4. The van der Waals surface area contributed by atoms with E-state index in [9.17, 15) is 9.59 Å². The van der Waals surface area contributed by atoms with E-state index < -0.39 is 5.97 Å². The van der Waals surface area contributed by atoms with Gasteiger partial charge in [-0.15, -0.1) is 0 Å². The normalized spacial score (nSPS) is 20.7. The Morgan fingerprint density at radius 3 is 2.65 bits per heavy atom. The predicted molar refractivity (Wildman–Crippen MR) is 86.1 cm³/mol. The summed E-state index contributed by atoms with van der Waals surface area (Å²) < 4.78 is 5.36. The van der Waals surface area contributed by atoms with E-state index in [-0.39, 0.29) is 31.3 Å². The highest BCUT2D eigenvalue weighted by molar-refractivity contribution is 5.69. The molecule has 1 saturated carbocycles. The van der Waals surface area contributed by atoms with Crippen LogP contribution >= 0.6 is 0 Å². The highest BCUT2D eigenvalue weighted by Gasteiger charge is 2.31. The van der Waals surface area contributed by atoms with E-state index in [0.29, 0.717) is 0 Å². The lowest BCUT2D eigenvalue weighted by atomic mass is 9.89. The quantitative estimate of drug-likeness (QED) is 0.840. The third kappa shape index (κ3) is 5.25. The maximum atomic E-state index is 12.3. The van der Waals surface area contributed by atoms with Crippen LogP contribution in [-0.2, 0) is 16.1 Å². The van der Waals surface area contributed by atoms with E-state index in [2.05, 4.69) is 5.32 Å². The highest BCUT2D eigenvalue weighted by atomic mass is 16.6. The van der Waals surface area contributed by atoms with Gasteiger partial charge in [0.25, 0.3) is 0 Å². The molecule has 1 fully saturated rings. The molecule has 0 unspecified atom stereocenters. The van der Waals surface area contributed by atoms with Crippen molar-refractivity contribution in [3.05, 3.63) is 35.9 Å². The van der Waals surface area contributed by atoms with Crippen LogP contribution in [-0.4, -0.2) is 47.7 Å². The summed E-state index contributed by atoms with van der Waals surface area (Å²) in [6.45, 7) is 0.151. The van der Waals surface area contributed by atoms with Crippen molar-refractivity contribution in [3.63, 3.8) is 0 Å². The molecule has 1 aliphatic rings. The van der Waals surface area contributed by atoms with E-state index in [4.69, 9.17) is 9.84 Å². The molecule has 0 bridgehead atoms. The lowest BCUT2D eigenvalue weighted by Crippen LogP contribution is -2.53. The number of hydrogen-bond acceptors (Lipinski definition) is 4. The minimum Gasteiger partial charge on any atom is -0.480 e. The lowest BCUT2D eigenvalue weighted by Gasteiger charge is -2.37. The first-order valence-corrected chi connectivity index (χ1v) is 7.96. The summed E-state index contributed by atoms with van der Waals surface area (Å²) in [5.41, 5.74) is 0.943. The van der Waals surface area contributed by atoms with Crippen molar-refractivity contribution in [2.45, 2.75) is 44.4 Å². The van der Waals surface area contributed by atoms with Gasteiger partial charge in [-0.25, -0.2) is 4.79 Å². The number of ether oxygens (including phenoxy) is 1. The van der Waals surface area contributed by atoms with Gasteiger partial charge in [-0.05, 0) is 18.4 Å². The van der Waals surface area contributed by atoms with E-state index in [1.165, 1.54) is 0 Å². The zero-order valence-electron chi connectivity index (χ0n) is 13.4. The molecule has 1 aliphatic carbocycles. The number of carboxylic acid groups (broad SMARTS) is 1. The summed E-state index contributed by atoms with van der Waals surface area (Å²) in [4.78, 5) is 24.6. The first-order chi connectivity index (χ1) is 11.1. The standard InChI is InChI=1S/C17H24N2O4/c1-19(17(22)23-12-13-7-3-2-4-8-13)15-10-6-5-9-14(15)18-11-16(20)21/h2-4,7-8,14-15,18H,5-6,9-12H2,1H3,(H,20,21)/t14-,15+/m0/s1. The molecule has 0 aliphatic heterocycles. The largest absolute Gasteiger partial charge is 0.480 e. The first kappa shape index (κ1) is 17.3. The number of carbonyl (C=O) groups excluding carboxylic acids is 1. The monoisotopic (exact) mass is 320 g/mol. The number of hydrogen-bond donors (Lipinski definition) is 2. The van der Waals surface area contributed by atoms with Crippen molar-refractivity contribution in [1.29, 1.82) is 0 Å². The Bertz CT molecular complexity index is 521. The van der Waals surface area contributed by atoms with Gasteiger partial charge in [0.1, 0.15) is 6.61 Å². The van der Waals surface area contributed by atoms with E-state index in [1.807, 2.05) is 30.3 Å². The van der Waals surface area contributed by atoms with Gasteiger partial charge in [-0.2, -0.15) is 0 Å². The van der Waals surface area contributed by atoms with Crippen molar-refractivity contribution in [2.24, 2.45) is 0 Å². The summed E-state index contributed by atoms with van der Waals surface area (Å²) in [6.07, 6.45) is 3.43. The molecule has 6 heteroatoms. The van der Waals surface area contributed by atoms with Crippen LogP contribution in [0.15, 0.2) is 30.3 Å². The highest BCUT2D eigenvalue weighted by Crippen LogP contribution is 2.23. The van der Waals surface area contributed by atoms with Crippen LogP contribution in [0.4, 0.5) is 4.79 Å². The van der Waals surface area contributed by atoms with Gasteiger partial charge < -0.3 is 20.1 Å². The van der Waals surface area contributed by atoms with Gasteiger partial charge >= 0.3 is 12.1 Å². The molecule has 126 valence electrons. The smallest absolute Gasteiger partial charge is 0.410 e. The van der Waals surface area contributed by atoms with Gasteiger partial charge in [-0.3, -0.25) is 4.79 Å². The maximum Gasteiger partial charge on any atom is 0.410 e. The molecule has 23 heavy (non-hydrogen) atoms. The third-order valence-electron chi connectivity index (χ3n) is 4.24. The van der Waals surface area contributed by atoms with Crippen LogP contribution in [0.2, 0.25) is 0 Å². The molecular formula is C17H24N2O4. The van der Waals surface area contributed by atoms with Crippen molar-refractivity contribution < 1.29 is 19.4 Å². The summed E-state index contributed by atoms with van der Waals surface area (Å²) in [5.74, 6) is -0.886. The van der Waals surface area contributed by atoms with Crippen LogP contribution in [0.1, 0.15) is 31.2 Å². The van der Waals surface area contributed by atoms with Gasteiger partial charge in [-0.1, -0.05) is 43.2 Å². The number of benzene rings is 1. The van der Waals surface area contributed by atoms with E-state index >= 15 is 0 Å². The van der Waals surface area contributed by atoms with Crippen LogP contribution in [0, 0.1) is 0 Å². The second-order valence-corrected chi connectivity index (χ2v) is 5.88. The number of rotatable bonds is 6. The summed E-state index contributed by atoms with van der Waals surface area (Å²) >= 11 is 0. The fourth-order valence-electron chi connectivity index (χ4n) is 2.99. The topological polar surface area (TPSA) is 78.9 Å². The van der Waals surface area contributed by atoms with Crippen molar-refractivity contribution in [3.8, 4) is 0 Å².